The monoisotopic (exact) mass is 318 g/mol. The summed E-state index contributed by atoms with van der Waals surface area (Å²) in [6.07, 6.45) is 4.85. The van der Waals surface area contributed by atoms with Crippen LogP contribution in [0.2, 0.25) is 0 Å². The highest BCUT2D eigenvalue weighted by Crippen LogP contribution is 2.05. The van der Waals surface area contributed by atoms with Gasteiger partial charge in [-0.05, 0) is 24.1 Å². The Morgan fingerprint density at radius 2 is 1.87 bits per heavy atom. The van der Waals surface area contributed by atoms with Crippen molar-refractivity contribution >= 4 is 18.2 Å². The number of likely N-dealkylation sites (N-methyl/N-ethyl adjacent to an activating group) is 1. The molecule has 1 saturated heterocycles. The smallest absolute Gasteiger partial charge is 0.232 e. The van der Waals surface area contributed by atoms with Gasteiger partial charge in [-0.25, -0.2) is 0 Å². The molecule has 0 bridgehead atoms. The molecule has 0 aliphatic carbocycles. The number of amides is 3. The van der Waals surface area contributed by atoms with E-state index in [2.05, 4.69) is 4.98 Å². The molecule has 3 amide bonds. The summed E-state index contributed by atoms with van der Waals surface area (Å²) in [5.74, 6) is -0.349. The van der Waals surface area contributed by atoms with E-state index in [0.29, 0.717) is 32.7 Å². The maximum Gasteiger partial charge on any atom is 0.232 e. The SMILES string of the molecule is CN(CCc1ccncc1)C(=O)CC(=O)N1CCN(C=O)CC1. The fraction of sp³-hybridized carbons (Fsp3) is 0.500. The summed E-state index contributed by atoms with van der Waals surface area (Å²) in [6.45, 7) is 2.61. The fourth-order valence-corrected chi connectivity index (χ4v) is 2.42. The van der Waals surface area contributed by atoms with Gasteiger partial charge in [-0.2, -0.15) is 0 Å². The van der Waals surface area contributed by atoms with Crippen LogP contribution in [0, 0.1) is 0 Å². The van der Waals surface area contributed by atoms with Gasteiger partial charge in [0.1, 0.15) is 6.42 Å². The first-order valence-electron chi connectivity index (χ1n) is 7.70. The van der Waals surface area contributed by atoms with Crippen molar-refractivity contribution in [1.82, 2.24) is 19.7 Å². The van der Waals surface area contributed by atoms with E-state index in [9.17, 15) is 14.4 Å². The van der Waals surface area contributed by atoms with Crippen molar-refractivity contribution in [3.63, 3.8) is 0 Å². The molecule has 1 aromatic rings. The largest absolute Gasteiger partial charge is 0.345 e. The molecule has 124 valence electrons. The molecule has 1 fully saturated rings. The third-order valence-corrected chi connectivity index (χ3v) is 4.03. The first-order valence-corrected chi connectivity index (χ1v) is 7.70. The number of hydrogen-bond donors (Lipinski definition) is 0. The van der Waals surface area contributed by atoms with Gasteiger partial charge >= 0.3 is 0 Å². The van der Waals surface area contributed by atoms with E-state index in [1.165, 1.54) is 0 Å². The lowest BCUT2D eigenvalue weighted by Crippen LogP contribution is -2.49. The van der Waals surface area contributed by atoms with Crippen LogP contribution < -0.4 is 0 Å². The van der Waals surface area contributed by atoms with Gasteiger partial charge in [0, 0.05) is 52.2 Å². The molecule has 0 N–H and O–H groups in total. The number of hydrogen-bond acceptors (Lipinski definition) is 4. The van der Waals surface area contributed by atoms with Gasteiger partial charge in [-0.3, -0.25) is 19.4 Å². The zero-order chi connectivity index (χ0) is 16.7. The Bertz CT molecular complexity index is 542. The number of carbonyl (C=O) groups excluding carboxylic acids is 3. The number of nitrogens with zero attached hydrogens (tertiary/aromatic N) is 4. The molecule has 0 unspecified atom stereocenters. The Kier molecular flexibility index (Phi) is 6.08. The standard InChI is InChI=1S/C16H22N4O3/c1-18(7-4-14-2-5-17-6-3-14)15(22)12-16(23)20-10-8-19(13-21)9-11-20/h2-3,5-6,13H,4,7-12H2,1H3. The van der Waals surface area contributed by atoms with Crippen LogP contribution in [0.15, 0.2) is 24.5 Å². The van der Waals surface area contributed by atoms with Crippen molar-refractivity contribution in [2.75, 3.05) is 39.8 Å². The highest BCUT2D eigenvalue weighted by Gasteiger charge is 2.23. The van der Waals surface area contributed by atoms with E-state index >= 15 is 0 Å². The lowest BCUT2D eigenvalue weighted by Gasteiger charge is -2.32. The molecule has 7 heteroatoms. The zero-order valence-corrected chi connectivity index (χ0v) is 13.4. The molecule has 1 aromatic heterocycles. The summed E-state index contributed by atoms with van der Waals surface area (Å²) in [4.78, 5) is 43.7. The molecule has 1 aliphatic heterocycles. The minimum absolute atomic E-state index is 0.117. The van der Waals surface area contributed by atoms with Crippen LogP contribution in [0.1, 0.15) is 12.0 Å². The van der Waals surface area contributed by atoms with Crippen LogP contribution in [0.3, 0.4) is 0 Å². The molecule has 0 radical (unpaired) electrons. The van der Waals surface area contributed by atoms with Crippen LogP contribution in [0.5, 0.6) is 0 Å². The van der Waals surface area contributed by atoms with E-state index in [4.69, 9.17) is 0 Å². The normalized spacial score (nSPS) is 14.5. The number of carbonyl (C=O) groups is 3. The minimum atomic E-state index is -0.179. The molecule has 2 rings (SSSR count). The molecule has 0 spiro atoms. The van der Waals surface area contributed by atoms with Gasteiger partial charge in [0.2, 0.25) is 18.2 Å². The van der Waals surface area contributed by atoms with Crippen molar-refractivity contribution in [3.05, 3.63) is 30.1 Å². The van der Waals surface area contributed by atoms with Crippen molar-refractivity contribution in [3.8, 4) is 0 Å². The van der Waals surface area contributed by atoms with Crippen LogP contribution in [0.4, 0.5) is 0 Å². The van der Waals surface area contributed by atoms with E-state index in [0.717, 1.165) is 18.4 Å². The highest BCUT2D eigenvalue weighted by molar-refractivity contribution is 5.96. The van der Waals surface area contributed by atoms with E-state index in [-0.39, 0.29) is 18.2 Å². The Labute approximate surface area is 135 Å². The molecule has 1 aliphatic rings. The molecular weight excluding hydrogens is 296 g/mol. The second kappa shape index (κ2) is 8.26. The van der Waals surface area contributed by atoms with Crippen molar-refractivity contribution < 1.29 is 14.4 Å². The van der Waals surface area contributed by atoms with Gasteiger partial charge in [-0.15, -0.1) is 0 Å². The van der Waals surface area contributed by atoms with Crippen LogP contribution in [0.25, 0.3) is 0 Å². The van der Waals surface area contributed by atoms with Crippen molar-refractivity contribution in [2.45, 2.75) is 12.8 Å². The summed E-state index contributed by atoms with van der Waals surface area (Å²) in [7, 11) is 1.71. The number of pyridine rings is 1. The third kappa shape index (κ3) is 5.05. The average Bonchev–Trinajstić information content (AvgIpc) is 2.60. The van der Waals surface area contributed by atoms with Gasteiger partial charge in [0.25, 0.3) is 0 Å². The number of piperazine rings is 1. The Balaban J connectivity index is 1.74. The second-order valence-corrected chi connectivity index (χ2v) is 5.62. The van der Waals surface area contributed by atoms with E-state index < -0.39 is 0 Å². The van der Waals surface area contributed by atoms with Crippen molar-refractivity contribution in [1.29, 1.82) is 0 Å². The van der Waals surface area contributed by atoms with Crippen molar-refractivity contribution in [2.24, 2.45) is 0 Å². The Morgan fingerprint density at radius 3 is 2.48 bits per heavy atom. The predicted molar refractivity (Wildman–Crippen MR) is 84.4 cm³/mol. The minimum Gasteiger partial charge on any atom is -0.345 e. The third-order valence-electron chi connectivity index (χ3n) is 4.03. The molecule has 0 saturated carbocycles. The maximum atomic E-state index is 12.1. The second-order valence-electron chi connectivity index (χ2n) is 5.62. The fourth-order valence-electron chi connectivity index (χ4n) is 2.42. The predicted octanol–water partition coefficient (Wildman–Crippen LogP) is -0.227. The first-order chi connectivity index (χ1) is 11.1. The molecule has 0 aromatic carbocycles. The zero-order valence-electron chi connectivity index (χ0n) is 13.4. The van der Waals surface area contributed by atoms with Crippen LogP contribution >= 0.6 is 0 Å². The Morgan fingerprint density at radius 1 is 1.22 bits per heavy atom. The number of aromatic nitrogens is 1. The Hall–Kier alpha value is -2.44. The van der Waals surface area contributed by atoms with Gasteiger partial charge < -0.3 is 14.7 Å². The van der Waals surface area contributed by atoms with Gasteiger partial charge in [0.15, 0.2) is 0 Å². The maximum absolute atomic E-state index is 12.1. The van der Waals surface area contributed by atoms with E-state index in [1.54, 1.807) is 34.1 Å². The summed E-state index contributed by atoms with van der Waals surface area (Å²) < 4.78 is 0. The molecule has 0 atom stereocenters. The van der Waals surface area contributed by atoms with Gasteiger partial charge in [-0.1, -0.05) is 0 Å². The van der Waals surface area contributed by atoms with Gasteiger partial charge in [0.05, 0.1) is 0 Å². The van der Waals surface area contributed by atoms with E-state index in [1.807, 2.05) is 12.1 Å². The summed E-state index contributed by atoms with van der Waals surface area (Å²) in [5.41, 5.74) is 1.11. The van der Waals surface area contributed by atoms with Crippen LogP contribution in [-0.2, 0) is 20.8 Å². The van der Waals surface area contributed by atoms with Crippen LogP contribution in [-0.4, -0.2) is 77.7 Å². The lowest BCUT2D eigenvalue weighted by atomic mass is 10.2. The molecule has 2 heterocycles. The quantitative estimate of drug-likeness (QED) is 0.537. The lowest BCUT2D eigenvalue weighted by molar-refractivity contribution is -0.142. The molecule has 23 heavy (non-hydrogen) atoms. The molecular formula is C16H22N4O3. The summed E-state index contributed by atoms with van der Waals surface area (Å²) in [6, 6.07) is 3.83. The average molecular weight is 318 g/mol. The highest BCUT2D eigenvalue weighted by atomic mass is 16.2. The summed E-state index contributed by atoms with van der Waals surface area (Å²) in [5, 5.41) is 0. The summed E-state index contributed by atoms with van der Waals surface area (Å²) >= 11 is 0. The topological polar surface area (TPSA) is 73.8 Å². The first kappa shape index (κ1) is 16.9. The molecule has 7 nitrogen and oxygen atoms in total. The number of rotatable bonds is 6.